The Morgan fingerprint density at radius 2 is 1.93 bits per heavy atom. The maximum Gasteiger partial charge on any atom is 0.108 e. The van der Waals surface area contributed by atoms with E-state index in [1.54, 1.807) is 6.20 Å². The zero-order valence-electron chi connectivity index (χ0n) is 9.00. The lowest BCUT2D eigenvalue weighted by molar-refractivity contribution is 0.604. The van der Waals surface area contributed by atoms with Gasteiger partial charge in [-0.15, -0.1) is 0 Å². The summed E-state index contributed by atoms with van der Waals surface area (Å²) in [6.45, 7) is 2.25. The SMILES string of the molecule is CCCCCCCCc1cn[c]cn1. The third-order valence-corrected chi connectivity index (χ3v) is 2.36. The van der Waals surface area contributed by atoms with Crippen LogP contribution in [0.2, 0.25) is 0 Å². The van der Waals surface area contributed by atoms with Gasteiger partial charge < -0.3 is 0 Å². The lowest BCUT2D eigenvalue weighted by atomic mass is 10.1. The zero-order chi connectivity index (χ0) is 10.1. The van der Waals surface area contributed by atoms with E-state index in [0.29, 0.717) is 0 Å². The number of aromatic nitrogens is 2. The van der Waals surface area contributed by atoms with Gasteiger partial charge in [-0.2, -0.15) is 0 Å². The van der Waals surface area contributed by atoms with Gasteiger partial charge in [-0.3, -0.25) is 9.97 Å². The maximum atomic E-state index is 4.19. The van der Waals surface area contributed by atoms with Crippen LogP contribution in [-0.2, 0) is 6.42 Å². The molecule has 1 aromatic rings. The molecule has 0 amide bonds. The third kappa shape index (κ3) is 4.95. The summed E-state index contributed by atoms with van der Waals surface area (Å²) in [6, 6.07) is 0. The maximum absolute atomic E-state index is 4.19. The van der Waals surface area contributed by atoms with Gasteiger partial charge in [0.25, 0.3) is 0 Å². The lowest BCUT2D eigenvalue weighted by Gasteiger charge is -2.00. The first kappa shape index (κ1) is 11.2. The molecule has 1 rings (SSSR count). The fourth-order valence-electron chi connectivity index (χ4n) is 1.51. The van der Waals surface area contributed by atoms with Crippen LogP contribution >= 0.6 is 0 Å². The van der Waals surface area contributed by atoms with Gasteiger partial charge in [-0.25, -0.2) is 0 Å². The molecule has 2 heteroatoms. The van der Waals surface area contributed by atoms with Crippen molar-refractivity contribution in [3.63, 3.8) is 0 Å². The van der Waals surface area contributed by atoms with E-state index in [-0.39, 0.29) is 0 Å². The first-order chi connectivity index (χ1) is 6.93. The third-order valence-electron chi connectivity index (χ3n) is 2.36. The normalized spacial score (nSPS) is 10.4. The Hall–Kier alpha value is -0.920. The monoisotopic (exact) mass is 191 g/mol. The summed E-state index contributed by atoms with van der Waals surface area (Å²) in [4.78, 5) is 8.12. The van der Waals surface area contributed by atoms with Crippen LogP contribution in [0.25, 0.3) is 0 Å². The Kier molecular flexibility index (Phi) is 5.96. The minimum Gasteiger partial charge on any atom is -0.257 e. The highest BCUT2D eigenvalue weighted by Gasteiger charge is 1.94. The standard InChI is InChI=1S/C12H19N2/c1-2-3-4-5-6-7-8-12-11-13-9-10-14-12/h10-11H,2-8H2,1H3. The van der Waals surface area contributed by atoms with Gasteiger partial charge in [0.1, 0.15) is 6.20 Å². The summed E-state index contributed by atoms with van der Waals surface area (Å²) in [6.07, 6.45) is 15.2. The second-order valence-corrected chi connectivity index (χ2v) is 3.65. The summed E-state index contributed by atoms with van der Waals surface area (Å²) in [7, 11) is 0. The van der Waals surface area contributed by atoms with Crippen molar-refractivity contribution < 1.29 is 0 Å². The van der Waals surface area contributed by atoms with Crippen LogP contribution < -0.4 is 0 Å². The summed E-state index contributed by atoms with van der Waals surface area (Å²) < 4.78 is 0. The van der Waals surface area contributed by atoms with Gasteiger partial charge in [-0.1, -0.05) is 39.0 Å². The Morgan fingerprint density at radius 1 is 1.14 bits per heavy atom. The van der Waals surface area contributed by atoms with E-state index in [2.05, 4.69) is 23.1 Å². The van der Waals surface area contributed by atoms with E-state index in [0.717, 1.165) is 12.1 Å². The molecule has 0 aromatic carbocycles. The van der Waals surface area contributed by atoms with Crippen molar-refractivity contribution in [1.29, 1.82) is 0 Å². The molecule has 1 radical (unpaired) electrons. The second kappa shape index (κ2) is 7.48. The van der Waals surface area contributed by atoms with E-state index >= 15 is 0 Å². The van der Waals surface area contributed by atoms with Gasteiger partial charge >= 0.3 is 0 Å². The van der Waals surface area contributed by atoms with Crippen molar-refractivity contribution >= 4 is 0 Å². The molecule has 14 heavy (non-hydrogen) atoms. The molecule has 77 valence electrons. The minimum atomic E-state index is 1.06. The van der Waals surface area contributed by atoms with E-state index < -0.39 is 0 Å². The molecule has 0 spiro atoms. The molecule has 2 nitrogen and oxygen atoms in total. The Labute approximate surface area is 86.8 Å². The number of unbranched alkanes of at least 4 members (excludes halogenated alkanes) is 5. The Morgan fingerprint density at radius 3 is 2.64 bits per heavy atom. The van der Waals surface area contributed by atoms with Crippen LogP contribution in [0.5, 0.6) is 0 Å². The summed E-state index contributed by atoms with van der Waals surface area (Å²) in [5.74, 6) is 0. The van der Waals surface area contributed by atoms with Crippen molar-refractivity contribution in [2.75, 3.05) is 0 Å². The van der Waals surface area contributed by atoms with Crippen molar-refractivity contribution in [2.45, 2.75) is 51.9 Å². The van der Waals surface area contributed by atoms with Crippen LogP contribution in [0.15, 0.2) is 12.4 Å². The van der Waals surface area contributed by atoms with Crippen LogP contribution in [-0.4, -0.2) is 9.97 Å². The molecular formula is C12H19N2. The minimum absolute atomic E-state index is 1.06. The highest BCUT2D eigenvalue weighted by molar-refractivity contribution is 4.93. The fraction of sp³-hybridized carbons (Fsp3) is 0.667. The largest absolute Gasteiger partial charge is 0.257 e. The Bertz CT molecular complexity index is 221. The zero-order valence-corrected chi connectivity index (χ0v) is 9.00. The molecule has 0 aliphatic heterocycles. The molecule has 0 aliphatic rings. The summed E-state index contributed by atoms with van der Waals surface area (Å²) in [5, 5.41) is 0. The molecule has 1 heterocycles. The molecule has 0 saturated carbocycles. The van der Waals surface area contributed by atoms with Crippen LogP contribution in [0.4, 0.5) is 0 Å². The predicted molar refractivity (Wildman–Crippen MR) is 57.9 cm³/mol. The first-order valence-electron chi connectivity index (χ1n) is 5.60. The van der Waals surface area contributed by atoms with E-state index in [1.165, 1.54) is 38.5 Å². The number of hydrogen-bond donors (Lipinski definition) is 0. The second-order valence-electron chi connectivity index (χ2n) is 3.65. The molecule has 0 bridgehead atoms. The van der Waals surface area contributed by atoms with Crippen LogP contribution in [0.3, 0.4) is 0 Å². The highest BCUT2D eigenvalue weighted by Crippen LogP contribution is 2.07. The molecule has 0 aliphatic carbocycles. The van der Waals surface area contributed by atoms with Gasteiger partial charge in [0, 0.05) is 6.20 Å². The van der Waals surface area contributed by atoms with Crippen molar-refractivity contribution in [3.8, 4) is 0 Å². The molecule has 0 saturated heterocycles. The van der Waals surface area contributed by atoms with Crippen LogP contribution in [0.1, 0.15) is 51.1 Å². The number of rotatable bonds is 7. The molecule has 0 unspecified atom stereocenters. The predicted octanol–water partition coefficient (Wildman–Crippen LogP) is 3.18. The highest BCUT2D eigenvalue weighted by atomic mass is 14.8. The number of hydrogen-bond acceptors (Lipinski definition) is 2. The molecular weight excluding hydrogens is 172 g/mol. The molecule has 1 aromatic heterocycles. The average molecular weight is 191 g/mol. The van der Waals surface area contributed by atoms with Gasteiger partial charge in [-0.05, 0) is 12.8 Å². The van der Waals surface area contributed by atoms with E-state index in [9.17, 15) is 0 Å². The van der Waals surface area contributed by atoms with Gasteiger partial charge in [0.15, 0.2) is 0 Å². The van der Waals surface area contributed by atoms with Crippen molar-refractivity contribution in [1.82, 2.24) is 9.97 Å². The average Bonchev–Trinajstić information content (AvgIpc) is 2.25. The molecule has 0 atom stereocenters. The molecule has 0 N–H and O–H groups in total. The smallest absolute Gasteiger partial charge is 0.108 e. The van der Waals surface area contributed by atoms with E-state index in [1.807, 2.05) is 6.20 Å². The lowest BCUT2D eigenvalue weighted by Crippen LogP contribution is -1.90. The van der Waals surface area contributed by atoms with Gasteiger partial charge in [0.2, 0.25) is 0 Å². The van der Waals surface area contributed by atoms with Crippen molar-refractivity contribution in [2.24, 2.45) is 0 Å². The molecule has 0 fully saturated rings. The van der Waals surface area contributed by atoms with Gasteiger partial charge in [0.05, 0.1) is 11.9 Å². The topological polar surface area (TPSA) is 25.8 Å². The number of aryl methyl sites for hydroxylation is 1. The van der Waals surface area contributed by atoms with Crippen LogP contribution in [0, 0.1) is 6.20 Å². The Balaban J connectivity index is 1.99. The first-order valence-corrected chi connectivity index (χ1v) is 5.60. The van der Waals surface area contributed by atoms with E-state index in [4.69, 9.17) is 0 Å². The fourth-order valence-corrected chi connectivity index (χ4v) is 1.51. The number of nitrogens with zero attached hydrogens (tertiary/aromatic N) is 2. The summed E-state index contributed by atoms with van der Waals surface area (Å²) in [5.41, 5.74) is 1.10. The quantitative estimate of drug-likeness (QED) is 0.619. The summed E-state index contributed by atoms with van der Waals surface area (Å²) >= 11 is 0. The van der Waals surface area contributed by atoms with Crippen molar-refractivity contribution in [3.05, 3.63) is 24.3 Å².